The number of carbonyl (C=O) groups is 3. The first-order chi connectivity index (χ1) is 16.4. The van der Waals surface area contributed by atoms with Gasteiger partial charge in [-0.3, -0.25) is 9.59 Å². The van der Waals surface area contributed by atoms with E-state index in [2.05, 4.69) is 10.6 Å². The molecular weight excluding hydrogens is 464 g/mol. The molecule has 12 nitrogen and oxygen atoms in total. The highest BCUT2D eigenvalue weighted by atomic mass is 16.7. The molecule has 0 spiro atoms. The van der Waals surface area contributed by atoms with Crippen LogP contribution in [0.5, 0.6) is 5.75 Å². The van der Waals surface area contributed by atoms with Crippen LogP contribution in [0.4, 0.5) is 0 Å². The fourth-order valence-corrected chi connectivity index (χ4v) is 3.17. The Morgan fingerprint density at radius 1 is 1.03 bits per heavy atom. The smallest absolute Gasteiger partial charge is 0.335 e. The van der Waals surface area contributed by atoms with E-state index in [4.69, 9.17) is 14.2 Å². The number of nitrogens with one attached hydrogen (secondary N) is 2. The van der Waals surface area contributed by atoms with Gasteiger partial charge in [-0.15, -0.1) is 0 Å². The molecule has 0 aromatic heterocycles. The molecular formula is C23H34N2O10. The molecule has 1 saturated heterocycles. The van der Waals surface area contributed by atoms with Crippen molar-refractivity contribution in [3.05, 3.63) is 29.3 Å². The molecule has 5 atom stereocenters. The van der Waals surface area contributed by atoms with Gasteiger partial charge in [-0.25, -0.2) is 4.79 Å². The number of esters is 1. The molecule has 0 radical (unpaired) electrons. The van der Waals surface area contributed by atoms with Crippen molar-refractivity contribution in [2.24, 2.45) is 5.92 Å². The summed E-state index contributed by atoms with van der Waals surface area (Å²) in [6.45, 7) is 7.99. The lowest BCUT2D eigenvalue weighted by Gasteiger charge is -2.38. The van der Waals surface area contributed by atoms with Crippen molar-refractivity contribution in [2.45, 2.75) is 71.0 Å². The normalized spacial score (nSPS) is 24.3. The van der Waals surface area contributed by atoms with Crippen molar-refractivity contribution >= 4 is 17.8 Å². The second kappa shape index (κ2) is 12.8. The molecule has 12 heteroatoms. The van der Waals surface area contributed by atoms with Crippen molar-refractivity contribution in [2.75, 3.05) is 13.1 Å². The fourth-order valence-electron chi connectivity index (χ4n) is 3.17. The van der Waals surface area contributed by atoms with Crippen molar-refractivity contribution in [3.63, 3.8) is 0 Å². The van der Waals surface area contributed by atoms with Crippen molar-refractivity contribution in [3.8, 4) is 5.75 Å². The first kappa shape index (κ1) is 28.5. The number of aliphatic hydroxyl groups excluding tert-OH is 3. The lowest BCUT2D eigenvalue weighted by molar-refractivity contribution is -0.271. The average molecular weight is 499 g/mol. The van der Waals surface area contributed by atoms with Gasteiger partial charge in [0.1, 0.15) is 30.7 Å². The quantitative estimate of drug-likeness (QED) is 0.169. The van der Waals surface area contributed by atoms with Crippen LogP contribution in [-0.2, 0) is 25.7 Å². The third-order valence-corrected chi connectivity index (χ3v) is 5.16. The van der Waals surface area contributed by atoms with E-state index >= 15 is 0 Å². The molecule has 6 N–H and O–H groups in total. The molecule has 0 bridgehead atoms. The van der Waals surface area contributed by atoms with Gasteiger partial charge in [0.05, 0.1) is 11.5 Å². The summed E-state index contributed by atoms with van der Waals surface area (Å²) in [7, 11) is 0. The van der Waals surface area contributed by atoms with Gasteiger partial charge in [-0.1, -0.05) is 33.8 Å². The van der Waals surface area contributed by atoms with Crippen LogP contribution in [0.2, 0.25) is 0 Å². The Kier molecular flexibility index (Phi) is 10.4. The van der Waals surface area contributed by atoms with Crippen LogP contribution in [0, 0.1) is 5.92 Å². The minimum Gasteiger partial charge on any atom is -0.479 e. The maximum Gasteiger partial charge on any atom is 0.335 e. The first-order valence-corrected chi connectivity index (χ1v) is 11.3. The number of aliphatic carboxylic acids is 1. The second-order valence-electron chi connectivity index (χ2n) is 8.81. The highest BCUT2D eigenvalue weighted by Gasteiger charge is 2.48. The Morgan fingerprint density at radius 2 is 1.71 bits per heavy atom. The summed E-state index contributed by atoms with van der Waals surface area (Å²) in [5.74, 6) is -2.92. The number of hydrogen-bond acceptors (Lipinski definition) is 10. The molecule has 0 unspecified atom stereocenters. The highest BCUT2D eigenvalue weighted by molar-refractivity contribution is 5.97. The van der Waals surface area contributed by atoms with Gasteiger partial charge < -0.3 is 45.3 Å². The molecule has 1 heterocycles. The second-order valence-corrected chi connectivity index (χ2v) is 8.81. The van der Waals surface area contributed by atoms with E-state index in [9.17, 15) is 34.8 Å². The number of carbonyl (C=O) groups excluding carboxylic acids is 2. The maximum atomic E-state index is 12.9. The maximum absolute atomic E-state index is 12.9. The molecule has 1 fully saturated rings. The van der Waals surface area contributed by atoms with Crippen LogP contribution in [0.25, 0.3) is 0 Å². The predicted octanol–water partition coefficient (Wildman–Crippen LogP) is -0.615. The van der Waals surface area contributed by atoms with E-state index in [-0.39, 0.29) is 36.4 Å². The van der Waals surface area contributed by atoms with Gasteiger partial charge in [0, 0.05) is 19.1 Å². The van der Waals surface area contributed by atoms with Crippen LogP contribution in [-0.4, -0.2) is 88.1 Å². The summed E-state index contributed by atoms with van der Waals surface area (Å²) in [5, 5.41) is 45.3. The summed E-state index contributed by atoms with van der Waals surface area (Å²) in [5.41, 5.74) is 0.497. The van der Waals surface area contributed by atoms with E-state index in [0.717, 1.165) is 0 Å². The van der Waals surface area contributed by atoms with Crippen molar-refractivity contribution in [1.82, 2.24) is 10.6 Å². The zero-order chi connectivity index (χ0) is 26.3. The topological polar surface area (TPSA) is 184 Å². The van der Waals surface area contributed by atoms with Crippen molar-refractivity contribution < 1.29 is 49.0 Å². The zero-order valence-electron chi connectivity index (χ0n) is 20.1. The Labute approximate surface area is 203 Å². The van der Waals surface area contributed by atoms with Gasteiger partial charge in [-0.05, 0) is 17.7 Å². The third kappa shape index (κ3) is 7.87. The monoisotopic (exact) mass is 498 g/mol. The van der Waals surface area contributed by atoms with Crippen molar-refractivity contribution in [1.29, 1.82) is 0 Å². The van der Waals surface area contributed by atoms with Gasteiger partial charge in [0.15, 0.2) is 6.10 Å². The number of rotatable bonds is 11. The molecule has 1 aliphatic heterocycles. The van der Waals surface area contributed by atoms with Gasteiger partial charge in [0.2, 0.25) is 6.29 Å². The number of ether oxygens (including phenoxy) is 3. The van der Waals surface area contributed by atoms with E-state index in [1.807, 2.05) is 13.8 Å². The average Bonchev–Trinajstić information content (AvgIpc) is 2.80. The summed E-state index contributed by atoms with van der Waals surface area (Å²) >= 11 is 0. The number of carboxylic acid groups (broad SMARTS) is 1. The number of amides is 1. The van der Waals surface area contributed by atoms with Gasteiger partial charge >= 0.3 is 11.9 Å². The molecule has 0 saturated carbocycles. The predicted molar refractivity (Wildman–Crippen MR) is 121 cm³/mol. The lowest BCUT2D eigenvalue weighted by Crippen LogP contribution is -2.61. The Morgan fingerprint density at radius 3 is 2.31 bits per heavy atom. The summed E-state index contributed by atoms with van der Waals surface area (Å²) in [6, 6.07) is 4.56. The lowest BCUT2D eigenvalue weighted by atomic mass is 9.99. The zero-order valence-corrected chi connectivity index (χ0v) is 20.1. The minimum atomic E-state index is -1.88. The summed E-state index contributed by atoms with van der Waals surface area (Å²) in [6.07, 6.45) is -9.07. The van der Waals surface area contributed by atoms with E-state index < -0.39 is 48.6 Å². The molecule has 1 aromatic carbocycles. The molecule has 1 aliphatic rings. The molecule has 1 aromatic rings. The number of hydrogen-bond donors (Lipinski definition) is 6. The van der Waals surface area contributed by atoms with Crippen LogP contribution in [0.1, 0.15) is 43.6 Å². The highest BCUT2D eigenvalue weighted by Crippen LogP contribution is 2.28. The van der Waals surface area contributed by atoms with Crippen LogP contribution in [0.15, 0.2) is 18.2 Å². The molecule has 35 heavy (non-hydrogen) atoms. The third-order valence-electron chi connectivity index (χ3n) is 5.16. The Balaban J connectivity index is 2.26. The molecule has 2 rings (SSSR count). The number of aliphatic hydroxyl groups is 3. The molecule has 196 valence electrons. The van der Waals surface area contributed by atoms with Crippen LogP contribution in [0.3, 0.4) is 0 Å². The van der Waals surface area contributed by atoms with Crippen LogP contribution >= 0.6 is 0 Å². The van der Waals surface area contributed by atoms with E-state index in [1.54, 1.807) is 13.8 Å². The summed E-state index contributed by atoms with van der Waals surface area (Å²) < 4.78 is 16.0. The SMILES string of the molecule is CC(C)NCCNC(=O)c1cc(COC(=O)C(C)C)ccc1O[C@@H]1O[C@H](C(=O)O)[C@@H](O)[C@H](O)[C@H]1O. The fraction of sp³-hybridized carbons (Fsp3) is 0.609. The standard InChI is InChI=1S/C23H34N2O10/c1-11(2)22(32)33-10-13-5-6-15(14(9-13)20(29)25-8-7-24-12(3)4)34-23-18(28)16(26)17(27)19(35-23)21(30)31/h5-6,9,11-12,16-19,23-24,26-28H,7-8,10H2,1-4H3,(H,25,29)(H,30,31)/t16-,17-,18+,19-,23+/m0/s1. The Hall–Kier alpha value is -2.77. The summed E-state index contributed by atoms with van der Waals surface area (Å²) in [4.78, 5) is 36.1. The Bertz CT molecular complexity index is 891. The van der Waals surface area contributed by atoms with E-state index in [0.29, 0.717) is 12.1 Å². The minimum absolute atomic E-state index is 0.0101. The molecule has 0 aliphatic carbocycles. The van der Waals surface area contributed by atoms with Crippen LogP contribution < -0.4 is 15.4 Å². The van der Waals surface area contributed by atoms with Gasteiger partial charge in [-0.2, -0.15) is 0 Å². The van der Waals surface area contributed by atoms with E-state index in [1.165, 1.54) is 18.2 Å². The number of benzene rings is 1. The molecule has 1 amide bonds. The largest absolute Gasteiger partial charge is 0.479 e. The number of carboxylic acids is 1. The first-order valence-electron chi connectivity index (χ1n) is 11.3. The van der Waals surface area contributed by atoms with Gasteiger partial charge in [0.25, 0.3) is 5.91 Å².